The molecule has 5 heteroatoms. The fraction of sp³-hybridized carbons (Fsp3) is 0.643. The van der Waals surface area contributed by atoms with E-state index in [9.17, 15) is 4.79 Å². The number of carbonyl (C=O) groups excluding carboxylic acids is 1. The summed E-state index contributed by atoms with van der Waals surface area (Å²) in [5, 5.41) is 5.13. The van der Waals surface area contributed by atoms with Gasteiger partial charge in [0.2, 0.25) is 5.91 Å². The fourth-order valence-corrected chi connectivity index (χ4v) is 3.62. The van der Waals surface area contributed by atoms with Gasteiger partial charge < -0.3 is 10.1 Å². The Balaban J connectivity index is 1.42. The topological polar surface area (TPSA) is 41.6 Å². The van der Waals surface area contributed by atoms with Crippen molar-refractivity contribution in [3.8, 4) is 0 Å². The predicted molar refractivity (Wildman–Crippen MR) is 75.3 cm³/mol. The van der Waals surface area contributed by atoms with E-state index in [1.165, 1.54) is 10.4 Å². The maximum atomic E-state index is 11.9. The first-order valence-electron chi connectivity index (χ1n) is 6.97. The van der Waals surface area contributed by atoms with Gasteiger partial charge in [0.1, 0.15) is 0 Å². The van der Waals surface area contributed by atoms with E-state index < -0.39 is 0 Å². The molecule has 19 heavy (non-hydrogen) atoms. The number of nitrogens with one attached hydrogen (secondary N) is 1. The molecule has 3 rings (SSSR count). The number of hydrogen-bond donors (Lipinski definition) is 1. The average molecular weight is 280 g/mol. The number of ether oxygens (including phenoxy) is 1. The van der Waals surface area contributed by atoms with Crippen LogP contribution in [0.2, 0.25) is 0 Å². The summed E-state index contributed by atoms with van der Waals surface area (Å²) in [6, 6.07) is 2.18. The number of carbonyl (C=O) groups is 1. The van der Waals surface area contributed by atoms with Crippen molar-refractivity contribution in [1.82, 2.24) is 10.2 Å². The molecule has 2 aliphatic heterocycles. The molecule has 0 bridgehead atoms. The Hall–Kier alpha value is -0.910. The number of fused-ring (bicyclic) bond motifs is 1. The quantitative estimate of drug-likeness (QED) is 0.906. The minimum absolute atomic E-state index is 0.120. The van der Waals surface area contributed by atoms with E-state index in [4.69, 9.17) is 4.74 Å². The standard InChI is InChI=1S/C14H20N2O2S/c17-14(15-8-12-2-1-6-18-12)10-16-5-3-13-11(9-16)4-7-19-13/h4,7,12H,1-3,5-6,8-10H2,(H,15,17)/t12-/m0/s1. The number of thiophene rings is 1. The van der Waals surface area contributed by atoms with E-state index in [1.54, 1.807) is 0 Å². The second-order valence-electron chi connectivity index (χ2n) is 5.27. The summed E-state index contributed by atoms with van der Waals surface area (Å²) < 4.78 is 5.50. The number of rotatable bonds is 4. The highest BCUT2D eigenvalue weighted by Crippen LogP contribution is 2.23. The maximum Gasteiger partial charge on any atom is 0.234 e. The molecule has 0 aliphatic carbocycles. The van der Waals surface area contributed by atoms with E-state index in [1.807, 2.05) is 11.3 Å². The van der Waals surface area contributed by atoms with Gasteiger partial charge in [-0.2, -0.15) is 0 Å². The molecular weight excluding hydrogens is 260 g/mol. The van der Waals surface area contributed by atoms with E-state index in [-0.39, 0.29) is 12.0 Å². The Morgan fingerprint density at radius 3 is 3.37 bits per heavy atom. The Kier molecular flexibility index (Phi) is 4.15. The fourth-order valence-electron chi connectivity index (χ4n) is 2.73. The molecule has 1 atom stereocenters. The molecule has 0 saturated carbocycles. The monoisotopic (exact) mass is 280 g/mol. The lowest BCUT2D eigenvalue weighted by molar-refractivity contribution is -0.122. The molecule has 2 aliphatic rings. The van der Waals surface area contributed by atoms with Crippen LogP contribution >= 0.6 is 11.3 Å². The minimum atomic E-state index is 0.120. The lowest BCUT2D eigenvalue weighted by Crippen LogP contribution is -2.41. The number of amides is 1. The number of nitrogens with zero attached hydrogens (tertiary/aromatic N) is 1. The molecule has 1 saturated heterocycles. The van der Waals surface area contributed by atoms with Crippen molar-refractivity contribution in [2.75, 3.05) is 26.2 Å². The summed E-state index contributed by atoms with van der Waals surface area (Å²) in [5.41, 5.74) is 1.39. The summed E-state index contributed by atoms with van der Waals surface area (Å²) >= 11 is 1.83. The molecule has 1 aromatic heterocycles. The summed E-state index contributed by atoms with van der Waals surface area (Å²) in [4.78, 5) is 15.6. The third-order valence-electron chi connectivity index (χ3n) is 3.80. The molecule has 0 unspecified atom stereocenters. The van der Waals surface area contributed by atoms with Crippen molar-refractivity contribution in [1.29, 1.82) is 0 Å². The Morgan fingerprint density at radius 1 is 1.58 bits per heavy atom. The first-order valence-corrected chi connectivity index (χ1v) is 7.85. The van der Waals surface area contributed by atoms with Crippen molar-refractivity contribution in [3.63, 3.8) is 0 Å². The third kappa shape index (κ3) is 3.35. The predicted octanol–water partition coefficient (Wildman–Crippen LogP) is 1.40. The zero-order valence-electron chi connectivity index (χ0n) is 11.1. The van der Waals surface area contributed by atoms with Crippen LogP contribution in [0.15, 0.2) is 11.4 Å². The van der Waals surface area contributed by atoms with Crippen LogP contribution in [0.1, 0.15) is 23.3 Å². The van der Waals surface area contributed by atoms with Crippen LogP contribution in [-0.4, -0.2) is 43.2 Å². The van der Waals surface area contributed by atoms with Crippen molar-refractivity contribution in [2.45, 2.75) is 31.9 Å². The molecule has 4 nitrogen and oxygen atoms in total. The maximum absolute atomic E-state index is 11.9. The van der Waals surface area contributed by atoms with Gasteiger partial charge in [0.25, 0.3) is 0 Å². The second kappa shape index (κ2) is 6.03. The average Bonchev–Trinajstić information content (AvgIpc) is 3.07. The molecule has 0 spiro atoms. The van der Waals surface area contributed by atoms with Gasteiger partial charge in [-0.25, -0.2) is 0 Å². The Bertz CT molecular complexity index is 440. The Morgan fingerprint density at radius 2 is 2.53 bits per heavy atom. The van der Waals surface area contributed by atoms with E-state index >= 15 is 0 Å². The largest absolute Gasteiger partial charge is 0.376 e. The van der Waals surface area contributed by atoms with Gasteiger partial charge in [0, 0.05) is 31.1 Å². The van der Waals surface area contributed by atoms with Crippen LogP contribution in [0, 0.1) is 0 Å². The van der Waals surface area contributed by atoms with E-state index in [0.29, 0.717) is 13.1 Å². The van der Waals surface area contributed by atoms with Crippen molar-refractivity contribution < 1.29 is 9.53 Å². The van der Waals surface area contributed by atoms with Crippen LogP contribution in [0.4, 0.5) is 0 Å². The van der Waals surface area contributed by atoms with E-state index in [2.05, 4.69) is 21.7 Å². The van der Waals surface area contributed by atoms with Crippen LogP contribution in [0.25, 0.3) is 0 Å². The van der Waals surface area contributed by atoms with Gasteiger partial charge in [-0.3, -0.25) is 9.69 Å². The van der Waals surface area contributed by atoms with Gasteiger partial charge >= 0.3 is 0 Å². The molecule has 3 heterocycles. The molecular formula is C14H20N2O2S. The van der Waals surface area contributed by atoms with Crippen molar-refractivity contribution >= 4 is 17.2 Å². The van der Waals surface area contributed by atoms with Crippen LogP contribution in [-0.2, 0) is 22.5 Å². The minimum Gasteiger partial charge on any atom is -0.376 e. The smallest absolute Gasteiger partial charge is 0.234 e. The van der Waals surface area contributed by atoms with Crippen molar-refractivity contribution in [3.05, 3.63) is 21.9 Å². The molecule has 0 radical (unpaired) electrons. The highest BCUT2D eigenvalue weighted by atomic mass is 32.1. The van der Waals surface area contributed by atoms with E-state index in [0.717, 1.165) is 39.0 Å². The molecule has 0 aromatic carbocycles. The summed E-state index contributed by atoms with van der Waals surface area (Å²) in [7, 11) is 0. The SMILES string of the molecule is O=C(CN1CCc2sccc2C1)NC[C@@H]1CCCO1. The summed E-state index contributed by atoms with van der Waals surface area (Å²) in [5.74, 6) is 0.120. The highest BCUT2D eigenvalue weighted by Gasteiger charge is 2.20. The second-order valence-corrected chi connectivity index (χ2v) is 6.27. The van der Waals surface area contributed by atoms with Gasteiger partial charge in [0.05, 0.1) is 12.6 Å². The first kappa shape index (κ1) is 13.1. The van der Waals surface area contributed by atoms with Gasteiger partial charge in [-0.05, 0) is 36.3 Å². The van der Waals surface area contributed by atoms with Gasteiger partial charge in [-0.15, -0.1) is 11.3 Å². The lowest BCUT2D eigenvalue weighted by Gasteiger charge is -2.26. The molecule has 104 valence electrons. The molecule has 1 aromatic rings. The zero-order valence-corrected chi connectivity index (χ0v) is 11.9. The molecule has 1 fully saturated rings. The highest BCUT2D eigenvalue weighted by molar-refractivity contribution is 7.10. The van der Waals surface area contributed by atoms with Crippen LogP contribution in [0.3, 0.4) is 0 Å². The van der Waals surface area contributed by atoms with Gasteiger partial charge in [-0.1, -0.05) is 0 Å². The number of hydrogen-bond acceptors (Lipinski definition) is 4. The Labute approximate surface area is 117 Å². The van der Waals surface area contributed by atoms with Crippen LogP contribution < -0.4 is 5.32 Å². The molecule has 1 N–H and O–H groups in total. The van der Waals surface area contributed by atoms with Crippen LogP contribution in [0.5, 0.6) is 0 Å². The summed E-state index contributed by atoms with van der Waals surface area (Å²) in [6.07, 6.45) is 3.50. The first-order chi connectivity index (χ1) is 9.31. The normalized spacial score (nSPS) is 23.3. The summed E-state index contributed by atoms with van der Waals surface area (Å²) in [6.45, 7) is 3.90. The zero-order chi connectivity index (χ0) is 13.1. The van der Waals surface area contributed by atoms with Gasteiger partial charge in [0.15, 0.2) is 0 Å². The third-order valence-corrected chi connectivity index (χ3v) is 4.83. The lowest BCUT2D eigenvalue weighted by atomic mass is 10.1. The van der Waals surface area contributed by atoms with Crippen molar-refractivity contribution in [2.24, 2.45) is 0 Å². The molecule has 1 amide bonds.